The number of hydrogen-bond acceptors (Lipinski definition) is 4. The number of benzene rings is 1. The third-order valence-electron chi connectivity index (χ3n) is 4.69. The number of methoxy groups -OCH3 is 2. The van der Waals surface area contributed by atoms with E-state index in [-0.39, 0.29) is 11.9 Å². The molecule has 0 radical (unpaired) electrons. The van der Waals surface area contributed by atoms with Crippen LogP contribution < -0.4 is 9.47 Å². The minimum atomic E-state index is 0.122. The first-order chi connectivity index (χ1) is 12.1. The molecule has 3 rings (SSSR count). The van der Waals surface area contributed by atoms with Gasteiger partial charge in [0.15, 0.2) is 0 Å². The highest BCUT2D eigenvalue weighted by atomic mass is 16.5. The second-order valence-electron chi connectivity index (χ2n) is 6.49. The fourth-order valence-electron chi connectivity index (χ4n) is 3.30. The molecule has 0 spiro atoms. The molecule has 1 aromatic heterocycles. The lowest BCUT2D eigenvalue weighted by atomic mass is 10.0. The molecule has 134 valence electrons. The number of piperidine rings is 1. The Morgan fingerprint density at radius 2 is 2.16 bits per heavy atom. The highest BCUT2D eigenvalue weighted by molar-refractivity contribution is 5.79. The van der Waals surface area contributed by atoms with Gasteiger partial charge >= 0.3 is 0 Å². The molecule has 1 aliphatic heterocycles. The fraction of sp³-hybridized carbons (Fsp3) is 0.474. The molecule has 0 saturated carbocycles. The molecule has 1 atom stereocenters. The van der Waals surface area contributed by atoms with Crippen molar-refractivity contribution >= 4 is 5.91 Å². The summed E-state index contributed by atoms with van der Waals surface area (Å²) in [7, 11) is 3.23. The number of aromatic nitrogens is 2. The lowest BCUT2D eigenvalue weighted by Gasteiger charge is -2.33. The SMILES string of the molecule is COc1ccc(CC(=O)N2CCC[C@H](n3cc(C)cn3)C2)c(OC)c1. The van der Waals surface area contributed by atoms with Gasteiger partial charge in [0.2, 0.25) is 5.91 Å². The van der Waals surface area contributed by atoms with Crippen molar-refractivity contribution in [2.45, 2.75) is 32.2 Å². The summed E-state index contributed by atoms with van der Waals surface area (Å²) >= 11 is 0. The largest absolute Gasteiger partial charge is 0.497 e. The molecular weight excluding hydrogens is 318 g/mol. The van der Waals surface area contributed by atoms with Gasteiger partial charge in [0.1, 0.15) is 11.5 Å². The molecule has 0 bridgehead atoms. The summed E-state index contributed by atoms with van der Waals surface area (Å²) in [6, 6.07) is 5.82. The summed E-state index contributed by atoms with van der Waals surface area (Å²) in [6.07, 6.45) is 6.29. The van der Waals surface area contributed by atoms with Crippen LogP contribution in [0.2, 0.25) is 0 Å². The van der Waals surface area contributed by atoms with Gasteiger partial charge in [0.05, 0.1) is 32.9 Å². The van der Waals surface area contributed by atoms with E-state index < -0.39 is 0 Å². The summed E-state index contributed by atoms with van der Waals surface area (Å²) in [5.74, 6) is 1.53. The van der Waals surface area contributed by atoms with Crippen molar-refractivity contribution in [2.24, 2.45) is 0 Å². The quantitative estimate of drug-likeness (QED) is 0.837. The van der Waals surface area contributed by atoms with Crippen LogP contribution in [0.5, 0.6) is 11.5 Å². The molecule has 2 aromatic rings. The fourth-order valence-corrected chi connectivity index (χ4v) is 3.30. The predicted molar refractivity (Wildman–Crippen MR) is 95.1 cm³/mol. The highest BCUT2D eigenvalue weighted by Gasteiger charge is 2.25. The number of rotatable bonds is 5. The maximum Gasteiger partial charge on any atom is 0.227 e. The van der Waals surface area contributed by atoms with Gasteiger partial charge in [-0.1, -0.05) is 6.07 Å². The predicted octanol–water partition coefficient (Wildman–Crippen LogP) is 2.61. The Balaban J connectivity index is 1.68. The zero-order chi connectivity index (χ0) is 17.8. The van der Waals surface area contributed by atoms with Crippen LogP contribution in [0.3, 0.4) is 0 Å². The lowest BCUT2D eigenvalue weighted by Crippen LogP contribution is -2.41. The van der Waals surface area contributed by atoms with E-state index in [9.17, 15) is 4.79 Å². The van der Waals surface area contributed by atoms with Crippen LogP contribution in [0.15, 0.2) is 30.6 Å². The maximum absolute atomic E-state index is 12.8. The number of nitrogens with zero attached hydrogens (tertiary/aromatic N) is 3. The van der Waals surface area contributed by atoms with E-state index in [2.05, 4.69) is 5.10 Å². The first kappa shape index (κ1) is 17.3. The van der Waals surface area contributed by atoms with E-state index in [1.807, 2.05) is 47.1 Å². The first-order valence-corrected chi connectivity index (χ1v) is 8.60. The zero-order valence-electron chi connectivity index (χ0n) is 15.1. The topological polar surface area (TPSA) is 56.6 Å². The Bertz CT molecular complexity index is 741. The third-order valence-corrected chi connectivity index (χ3v) is 4.69. The van der Waals surface area contributed by atoms with Crippen LogP contribution in [-0.2, 0) is 11.2 Å². The second-order valence-corrected chi connectivity index (χ2v) is 6.49. The monoisotopic (exact) mass is 343 g/mol. The van der Waals surface area contributed by atoms with E-state index in [0.29, 0.717) is 18.7 Å². The lowest BCUT2D eigenvalue weighted by molar-refractivity contribution is -0.132. The normalized spacial score (nSPS) is 17.4. The van der Waals surface area contributed by atoms with Gasteiger partial charge in [-0.05, 0) is 31.4 Å². The minimum absolute atomic E-state index is 0.122. The molecule has 6 nitrogen and oxygen atoms in total. The highest BCUT2D eigenvalue weighted by Crippen LogP contribution is 2.27. The van der Waals surface area contributed by atoms with Crippen molar-refractivity contribution in [1.82, 2.24) is 14.7 Å². The van der Waals surface area contributed by atoms with Gasteiger partial charge in [0, 0.05) is 30.9 Å². The van der Waals surface area contributed by atoms with Gasteiger partial charge in [-0.25, -0.2) is 0 Å². The Morgan fingerprint density at radius 1 is 1.32 bits per heavy atom. The summed E-state index contributed by atoms with van der Waals surface area (Å²) in [6.45, 7) is 3.54. The van der Waals surface area contributed by atoms with Crippen LogP contribution in [0.4, 0.5) is 0 Å². The first-order valence-electron chi connectivity index (χ1n) is 8.60. The molecular formula is C19H25N3O3. The van der Waals surface area contributed by atoms with Crippen molar-refractivity contribution in [1.29, 1.82) is 0 Å². The average Bonchev–Trinajstić information content (AvgIpc) is 3.08. The van der Waals surface area contributed by atoms with Crippen LogP contribution in [0.25, 0.3) is 0 Å². The van der Waals surface area contributed by atoms with Crippen LogP contribution in [-0.4, -0.2) is 47.9 Å². The van der Waals surface area contributed by atoms with Gasteiger partial charge in [-0.2, -0.15) is 5.10 Å². The Kier molecular flexibility index (Phi) is 5.26. The Hall–Kier alpha value is -2.50. The number of likely N-dealkylation sites (tertiary alicyclic amines) is 1. The molecule has 1 amide bonds. The van der Waals surface area contributed by atoms with E-state index in [1.165, 1.54) is 0 Å². The summed E-state index contributed by atoms with van der Waals surface area (Å²) in [5, 5.41) is 4.41. The third kappa shape index (κ3) is 3.95. The molecule has 0 aliphatic carbocycles. The van der Waals surface area contributed by atoms with Gasteiger partial charge in [-0.3, -0.25) is 9.48 Å². The van der Waals surface area contributed by atoms with Crippen molar-refractivity contribution in [3.8, 4) is 11.5 Å². The number of ether oxygens (including phenoxy) is 2. The molecule has 0 N–H and O–H groups in total. The molecule has 2 heterocycles. The molecule has 25 heavy (non-hydrogen) atoms. The smallest absolute Gasteiger partial charge is 0.227 e. The Morgan fingerprint density at radius 3 is 2.84 bits per heavy atom. The maximum atomic E-state index is 12.8. The average molecular weight is 343 g/mol. The van der Waals surface area contributed by atoms with E-state index in [4.69, 9.17) is 9.47 Å². The molecule has 0 unspecified atom stereocenters. The second kappa shape index (κ2) is 7.59. The van der Waals surface area contributed by atoms with Crippen molar-refractivity contribution in [2.75, 3.05) is 27.3 Å². The van der Waals surface area contributed by atoms with Crippen LogP contribution >= 0.6 is 0 Å². The van der Waals surface area contributed by atoms with Crippen molar-refractivity contribution < 1.29 is 14.3 Å². The minimum Gasteiger partial charge on any atom is -0.497 e. The summed E-state index contributed by atoms with van der Waals surface area (Å²) in [5.41, 5.74) is 2.02. The number of carbonyl (C=O) groups excluding carboxylic acids is 1. The van der Waals surface area contributed by atoms with Gasteiger partial charge in [-0.15, -0.1) is 0 Å². The van der Waals surface area contributed by atoms with Gasteiger partial charge in [0.25, 0.3) is 0 Å². The molecule has 1 saturated heterocycles. The van der Waals surface area contributed by atoms with Crippen LogP contribution in [0.1, 0.15) is 30.0 Å². The zero-order valence-corrected chi connectivity index (χ0v) is 15.1. The number of carbonyl (C=O) groups is 1. The van der Waals surface area contributed by atoms with Crippen molar-refractivity contribution in [3.05, 3.63) is 41.7 Å². The van der Waals surface area contributed by atoms with E-state index in [0.717, 1.165) is 36.3 Å². The molecule has 1 fully saturated rings. The summed E-state index contributed by atoms with van der Waals surface area (Å²) < 4.78 is 12.6. The van der Waals surface area contributed by atoms with Gasteiger partial charge < -0.3 is 14.4 Å². The molecule has 6 heteroatoms. The van der Waals surface area contributed by atoms with E-state index in [1.54, 1.807) is 14.2 Å². The van der Waals surface area contributed by atoms with E-state index >= 15 is 0 Å². The standard InChI is InChI=1S/C19H25N3O3/c1-14-11-20-22(12-14)16-5-4-8-21(13-16)19(23)9-15-6-7-17(24-2)10-18(15)25-3/h6-7,10-12,16H,4-5,8-9,13H2,1-3H3/t16-/m0/s1. The number of hydrogen-bond donors (Lipinski definition) is 0. The Labute approximate surface area is 148 Å². The number of amides is 1. The summed E-state index contributed by atoms with van der Waals surface area (Å²) in [4.78, 5) is 14.7. The molecule has 1 aliphatic rings. The van der Waals surface area contributed by atoms with Crippen molar-refractivity contribution in [3.63, 3.8) is 0 Å². The van der Waals surface area contributed by atoms with Crippen LogP contribution in [0, 0.1) is 6.92 Å². The molecule has 1 aromatic carbocycles. The number of aryl methyl sites for hydroxylation is 1.